The van der Waals surface area contributed by atoms with Gasteiger partial charge in [0.15, 0.2) is 0 Å². The van der Waals surface area contributed by atoms with Crippen LogP contribution in [0, 0.1) is 0 Å². The zero-order valence-corrected chi connectivity index (χ0v) is 17.8. The molecular formula is C23H31ClN2O2. The highest BCUT2D eigenvalue weighted by Crippen LogP contribution is 2.29. The number of methoxy groups -OCH3 is 1. The van der Waals surface area contributed by atoms with Gasteiger partial charge in [0.2, 0.25) is 5.91 Å². The van der Waals surface area contributed by atoms with E-state index in [0.717, 1.165) is 44.3 Å². The lowest BCUT2D eigenvalue weighted by Crippen LogP contribution is -2.38. The molecule has 0 spiro atoms. The minimum Gasteiger partial charge on any atom is -0.495 e. The summed E-state index contributed by atoms with van der Waals surface area (Å²) in [6.45, 7) is 6.14. The molecule has 1 unspecified atom stereocenters. The van der Waals surface area contributed by atoms with Crippen LogP contribution >= 0.6 is 11.6 Å². The third kappa shape index (κ3) is 6.25. The van der Waals surface area contributed by atoms with E-state index in [1.165, 1.54) is 0 Å². The largest absolute Gasteiger partial charge is 0.495 e. The predicted molar refractivity (Wildman–Crippen MR) is 117 cm³/mol. The number of ether oxygens (including phenoxy) is 1. The molecule has 2 aromatic carbocycles. The zero-order chi connectivity index (χ0) is 20.4. The topological polar surface area (TPSA) is 41.6 Å². The van der Waals surface area contributed by atoms with Crippen LogP contribution in [-0.4, -0.2) is 31.0 Å². The summed E-state index contributed by atoms with van der Waals surface area (Å²) in [5, 5.41) is 3.52. The van der Waals surface area contributed by atoms with Crippen molar-refractivity contribution >= 4 is 23.2 Å². The Kier molecular flexibility index (Phi) is 9.32. The first kappa shape index (κ1) is 22.3. The van der Waals surface area contributed by atoms with Crippen LogP contribution < -0.4 is 10.1 Å². The van der Waals surface area contributed by atoms with E-state index in [9.17, 15) is 4.79 Å². The maximum absolute atomic E-state index is 13.3. The average Bonchev–Trinajstić information content (AvgIpc) is 2.70. The van der Waals surface area contributed by atoms with Crippen LogP contribution in [0.5, 0.6) is 5.75 Å². The molecule has 1 amide bonds. The number of rotatable bonds is 11. The third-order valence-electron chi connectivity index (χ3n) is 4.75. The first-order chi connectivity index (χ1) is 13.6. The molecule has 0 aliphatic heterocycles. The van der Waals surface area contributed by atoms with E-state index in [-0.39, 0.29) is 11.9 Å². The van der Waals surface area contributed by atoms with Gasteiger partial charge in [0.1, 0.15) is 11.8 Å². The van der Waals surface area contributed by atoms with Crippen LogP contribution in [0.15, 0.2) is 48.5 Å². The number of benzene rings is 2. The van der Waals surface area contributed by atoms with Crippen molar-refractivity contribution in [1.82, 2.24) is 4.90 Å². The van der Waals surface area contributed by atoms with E-state index in [1.54, 1.807) is 19.2 Å². The van der Waals surface area contributed by atoms with Gasteiger partial charge in [-0.2, -0.15) is 0 Å². The Bertz CT molecular complexity index is 729. The lowest BCUT2D eigenvalue weighted by Gasteiger charge is -2.31. The van der Waals surface area contributed by atoms with Crippen molar-refractivity contribution < 1.29 is 9.53 Å². The van der Waals surface area contributed by atoms with E-state index in [1.807, 2.05) is 36.4 Å². The van der Waals surface area contributed by atoms with Crippen molar-refractivity contribution in [2.75, 3.05) is 25.5 Å². The van der Waals surface area contributed by atoms with E-state index in [2.05, 4.69) is 24.1 Å². The molecule has 0 aliphatic rings. The number of amides is 1. The second kappa shape index (κ2) is 11.7. The molecule has 0 aliphatic carbocycles. The lowest BCUT2D eigenvalue weighted by atomic mass is 10.0. The summed E-state index contributed by atoms with van der Waals surface area (Å²) < 4.78 is 5.20. The Morgan fingerprint density at radius 2 is 1.71 bits per heavy atom. The molecule has 0 bridgehead atoms. The van der Waals surface area contributed by atoms with Gasteiger partial charge in [0.25, 0.3) is 0 Å². The number of anilines is 1. The van der Waals surface area contributed by atoms with E-state index < -0.39 is 0 Å². The Morgan fingerprint density at radius 1 is 1.07 bits per heavy atom. The second-order valence-corrected chi connectivity index (χ2v) is 7.30. The summed E-state index contributed by atoms with van der Waals surface area (Å²) in [7, 11) is 1.57. The summed E-state index contributed by atoms with van der Waals surface area (Å²) in [6, 6.07) is 15.0. The lowest BCUT2D eigenvalue weighted by molar-refractivity contribution is -0.121. The Hall–Kier alpha value is -2.04. The molecule has 2 rings (SSSR count). The van der Waals surface area contributed by atoms with Gasteiger partial charge in [0.05, 0.1) is 12.1 Å². The van der Waals surface area contributed by atoms with Gasteiger partial charge < -0.3 is 10.1 Å². The van der Waals surface area contributed by atoms with Crippen LogP contribution in [0.25, 0.3) is 0 Å². The number of carbonyl (C=O) groups excluding carboxylic acids is 1. The van der Waals surface area contributed by atoms with Gasteiger partial charge in [0, 0.05) is 5.69 Å². The van der Waals surface area contributed by atoms with Crippen molar-refractivity contribution in [2.24, 2.45) is 0 Å². The standard InChI is InChI=1S/C23H31ClN2O2/c1-4-6-15-26(16-7-5-2)22(18-11-9-8-10-12-18)23(27)25-19-13-14-21(28-3)20(24)17-19/h8-14,17,22H,4-7,15-16H2,1-3H3,(H,25,27). The minimum atomic E-state index is -0.333. The molecule has 0 heterocycles. The first-order valence-electron chi connectivity index (χ1n) is 10.0. The highest BCUT2D eigenvalue weighted by Gasteiger charge is 2.27. The van der Waals surface area contributed by atoms with Gasteiger partial charge >= 0.3 is 0 Å². The molecule has 0 saturated heterocycles. The van der Waals surface area contributed by atoms with Crippen LogP contribution in [0.3, 0.4) is 0 Å². The molecule has 0 saturated carbocycles. The second-order valence-electron chi connectivity index (χ2n) is 6.89. The maximum atomic E-state index is 13.3. The highest BCUT2D eigenvalue weighted by molar-refractivity contribution is 6.32. The molecule has 4 nitrogen and oxygen atoms in total. The summed E-state index contributed by atoms with van der Waals surface area (Å²) in [5.41, 5.74) is 1.68. The summed E-state index contributed by atoms with van der Waals surface area (Å²) >= 11 is 6.22. The van der Waals surface area contributed by atoms with Crippen LogP contribution in [0.2, 0.25) is 5.02 Å². The van der Waals surface area contributed by atoms with Crippen molar-refractivity contribution in [3.8, 4) is 5.75 Å². The van der Waals surface area contributed by atoms with Gasteiger partial charge in [-0.05, 0) is 49.7 Å². The molecule has 152 valence electrons. The van der Waals surface area contributed by atoms with Crippen molar-refractivity contribution in [3.05, 3.63) is 59.1 Å². The third-order valence-corrected chi connectivity index (χ3v) is 5.04. The smallest absolute Gasteiger partial charge is 0.246 e. The fourth-order valence-corrected chi connectivity index (χ4v) is 3.47. The van der Waals surface area contributed by atoms with Crippen molar-refractivity contribution in [2.45, 2.75) is 45.6 Å². The number of nitrogens with one attached hydrogen (secondary N) is 1. The summed E-state index contributed by atoms with van der Waals surface area (Å²) in [6.07, 6.45) is 4.32. The molecular weight excluding hydrogens is 372 g/mol. The fourth-order valence-electron chi connectivity index (χ4n) is 3.21. The van der Waals surface area contributed by atoms with Crippen LogP contribution in [0.4, 0.5) is 5.69 Å². The highest BCUT2D eigenvalue weighted by atomic mass is 35.5. The van der Waals surface area contributed by atoms with E-state index in [4.69, 9.17) is 16.3 Å². The molecule has 2 aromatic rings. The SMILES string of the molecule is CCCCN(CCCC)C(C(=O)Nc1ccc(OC)c(Cl)c1)c1ccccc1. The number of hydrogen-bond acceptors (Lipinski definition) is 3. The van der Waals surface area contributed by atoms with Gasteiger partial charge in [-0.3, -0.25) is 9.69 Å². The quantitative estimate of drug-likeness (QED) is 0.506. The van der Waals surface area contributed by atoms with Gasteiger partial charge in [-0.25, -0.2) is 0 Å². The number of carbonyl (C=O) groups is 1. The molecule has 0 fully saturated rings. The average molecular weight is 403 g/mol. The molecule has 0 radical (unpaired) electrons. The number of halogens is 1. The molecule has 28 heavy (non-hydrogen) atoms. The Labute approximate surface area is 173 Å². The summed E-state index contributed by atoms with van der Waals surface area (Å²) in [4.78, 5) is 15.6. The van der Waals surface area contributed by atoms with Crippen molar-refractivity contribution in [3.63, 3.8) is 0 Å². The number of unbranched alkanes of at least 4 members (excludes halogenated alkanes) is 2. The zero-order valence-electron chi connectivity index (χ0n) is 17.1. The summed E-state index contributed by atoms with van der Waals surface area (Å²) in [5.74, 6) is 0.548. The van der Waals surface area contributed by atoms with Crippen LogP contribution in [-0.2, 0) is 4.79 Å². The molecule has 0 aromatic heterocycles. The minimum absolute atomic E-state index is 0.0420. The normalized spacial score (nSPS) is 12.0. The first-order valence-corrected chi connectivity index (χ1v) is 10.4. The molecule has 5 heteroatoms. The van der Waals surface area contributed by atoms with Gasteiger partial charge in [-0.15, -0.1) is 0 Å². The molecule has 1 N–H and O–H groups in total. The van der Waals surface area contributed by atoms with Crippen molar-refractivity contribution in [1.29, 1.82) is 0 Å². The Balaban J connectivity index is 2.28. The van der Waals surface area contributed by atoms with E-state index in [0.29, 0.717) is 16.5 Å². The van der Waals surface area contributed by atoms with Gasteiger partial charge in [-0.1, -0.05) is 68.6 Å². The van der Waals surface area contributed by atoms with E-state index >= 15 is 0 Å². The maximum Gasteiger partial charge on any atom is 0.246 e. The number of hydrogen-bond donors (Lipinski definition) is 1. The number of nitrogens with zero attached hydrogens (tertiary/aromatic N) is 1. The Morgan fingerprint density at radius 3 is 2.25 bits per heavy atom. The predicted octanol–water partition coefficient (Wildman–Crippen LogP) is 5.93. The fraction of sp³-hybridized carbons (Fsp3) is 0.435. The van der Waals surface area contributed by atoms with Crippen LogP contribution in [0.1, 0.15) is 51.1 Å². The molecule has 1 atom stereocenters. The monoisotopic (exact) mass is 402 g/mol.